The van der Waals surface area contributed by atoms with Crippen LogP contribution in [0.2, 0.25) is 0 Å². The van der Waals surface area contributed by atoms with Crippen molar-refractivity contribution in [2.24, 2.45) is 0 Å². The predicted molar refractivity (Wildman–Crippen MR) is 79.1 cm³/mol. The standard InChI is InChI=1S/C15H13F2NO3S/c1-10(19)12-7-13(16)15(14(17)8-12)18-22(20,21)9-11-5-3-2-4-6-11/h2-8,18H,9H2,1H3. The zero-order chi connectivity index (χ0) is 16.3. The molecule has 0 fully saturated rings. The second-order valence-electron chi connectivity index (χ2n) is 4.72. The van der Waals surface area contributed by atoms with Crippen molar-refractivity contribution in [1.29, 1.82) is 0 Å². The van der Waals surface area contributed by atoms with Crippen molar-refractivity contribution < 1.29 is 22.0 Å². The van der Waals surface area contributed by atoms with Gasteiger partial charge in [-0.1, -0.05) is 30.3 Å². The molecule has 0 bridgehead atoms. The zero-order valence-corrected chi connectivity index (χ0v) is 12.5. The van der Waals surface area contributed by atoms with Crippen LogP contribution in [0, 0.1) is 11.6 Å². The molecule has 0 heterocycles. The summed E-state index contributed by atoms with van der Waals surface area (Å²) < 4.78 is 53.5. The molecule has 1 N–H and O–H groups in total. The lowest BCUT2D eigenvalue weighted by Gasteiger charge is -2.11. The number of rotatable bonds is 5. The maximum absolute atomic E-state index is 13.8. The monoisotopic (exact) mass is 325 g/mol. The van der Waals surface area contributed by atoms with Gasteiger partial charge in [-0.2, -0.15) is 0 Å². The van der Waals surface area contributed by atoms with Gasteiger partial charge in [0.25, 0.3) is 0 Å². The van der Waals surface area contributed by atoms with E-state index in [0.29, 0.717) is 5.56 Å². The fourth-order valence-electron chi connectivity index (χ4n) is 1.86. The van der Waals surface area contributed by atoms with E-state index in [9.17, 15) is 22.0 Å². The van der Waals surface area contributed by atoms with Crippen LogP contribution in [0.15, 0.2) is 42.5 Å². The zero-order valence-electron chi connectivity index (χ0n) is 11.6. The third-order valence-corrected chi connectivity index (χ3v) is 4.13. The summed E-state index contributed by atoms with van der Waals surface area (Å²) in [7, 11) is -3.98. The van der Waals surface area contributed by atoms with Gasteiger partial charge in [0.2, 0.25) is 10.0 Å². The van der Waals surface area contributed by atoms with Gasteiger partial charge in [-0.15, -0.1) is 0 Å². The number of benzene rings is 2. The van der Waals surface area contributed by atoms with Crippen LogP contribution in [0.4, 0.5) is 14.5 Å². The lowest BCUT2D eigenvalue weighted by atomic mass is 10.1. The largest absolute Gasteiger partial charge is 0.295 e. The number of carbonyl (C=O) groups is 1. The molecule has 0 aliphatic rings. The second-order valence-corrected chi connectivity index (χ2v) is 6.44. The van der Waals surface area contributed by atoms with Crippen molar-refractivity contribution in [1.82, 2.24) is 0 Å². The van der Waals surface area contributed by atoms with Gasteiger partial charge in [0.1, 0.15) is 5.69 Å². The van der Waals surface area contributed by atoms with E-state index in [4.69, 9.17) is 0 Å². The van der Waals surface area contributed by atoms with Gasteiger partial charge >= 0.3 is 0 Å². The highest BCUT2D eigenvalue weighted by Gasteiger charge is 2.19. The summed E-state index contributed by atoms with van der Waals surface area (Å²) in [6, 6.07) is 9.82. The van der Waals surface area contributed by atoms with Crippen LogP contribution in [0.1, 0.15) is 22.8 Å². The SMILES string of the molecule is CC(=O)c1cc(F)c(NS(=O)(=O)Cc2ccccc2)c(F)c1. The van der Waals surface area contributed by atoms with Crippen molar-refractivity contribution >= 4 is 21.5 Å². The first-order valence-corrected chi connectivity index (χ1v) is 7.98. The average molecular weight is 325 g/mol. The molecule has 116 valence electrons. The van der Waals surface area contributed by atoms with Gasteiger partial charge in [-0.3, -0.25) is 9.52 Å². The van der Waals surface area contributed by atoms with Crippen LogP contribution in [-0.4, -0.2) is 14.2 Å². The summed E-state index contributed by atoms with van der Waals surface area (Å²) in [5.74, 6) is -3.21. The molecule has 2 rings (SSSR count). The molecular weight excluding hydrogens is 312 g/mol. The molecule has 0 spiro atoms. The third-order valence-electron chi connectivity index (χ3n) is 2.91. The lowest BCUT2D eigenvalue weighted by Crippen LogP contribution is -2.17. The van der Waals surface area contributed by atoms with E-state index in [1.807, 2.05) is 4.72 Å². The molecule has 0 aromatic heterocycles. The highest BCUT2D eigenvalue weighted by atomic mass is 32.2. The van der Waals surface area contributed by atoms with Crippen molar-refractivity contribution in [3.8, 4) is 0 Å². The molecular formula is C15H13F2NO3S. The Morgan fingerprint density at radius 3 is 2.14 bits per heavy atom. The number of ketones is 1. The van der Waals surface area contributed by atoms with Gasteiger partial charge in [-0.05, 0) is 24.6 Å². The lowest BCUT2D eigenvalue weighted by molar-refractivity contribution is 0.101. The summed E-state index contributed by atoms with van der Waals surface area (Å²) >= 11 is 0. The minimum atomic E-state index is -3.98. The second kappa shape index (κ2) is 6.23. The van der Waals surface area contributed by atoms with Crippen molar-refractivity contribution in [3.05, 3.63) is 65.2 Å². The molecule has 0 aliphatic carbocycles. The molecule has 0 atom stereocenters. The number of nitrogens with one attached hydrogen (secondary N) is 1. The molecule has 0 aliphatic heterocycles. The van der Waals surface area contributed by atoms with Gasteiger partial charge in [-0.25, -0.2) is 17.2 Å². The molecule has 0 amide bonds. The van der Waals surface area contributed by atoms with E-state index in [1.165, 1.54) is 0 Å². The summed E-state index contributed by atoms with van der Waals surface area (Å²) in [5, 5.41) is 0. The molecule has 0 saturated heterocycles. The normalized spacial score (nSPS) is 11.2. The van der Waals surface area contributed by atoms with Gasteiger partial charge in [0, 0.05) is 5.56 Å². The number of hydrogen-bond acceptors (Lipinski definition) is 3. The Bertz CT molecular complexity index is 782. The van der Waals surface area contributed by atoms with Gasteiger partial charge in [0.15, 0.2) is 17.4 Å². The number of sulfonamides is 1. The molecule has 0 saturated carbocycles. The number of carbonyl (C=O) groups excluding carboxylic acids is 1. The Morgan fingerprint density at radius 1 is 1.09 bits per heavy atom. The van der Waals surface area contributed by atoms with E-state index < -0.39 is 38.9 Å². The highest BCUT2D eigenvalue weighted by molar-refractivity contribution is 7.91. The minimum Gasteiger partial charge on any atom is -0.295 e. The van der Waals surface area contributed by atoms with E-state index >= 15 is 0 Å². The van der Waals surface area contributed by atoms with Gasteiger partial charge < -0.3 is 0 Å². The van der Waals surface area contributed by atoms with Crippen LogP contribution >= 0.6 is 0 Å². The minimum absolute atomic E-state index is 0.166. The first kappa shape index (κ1) is 16.1. The summed E-state index contributed by atoms with van der Waals surface area (Å²) in [6.07, 6.45) is 0. The topological polar surface area (TPSA) is 63.2 Å². The van der Waals surface area contributed by atoms with E-state index in [1.54, 1.807) is 30.3 Å². The van der Waals surface area contributed by atoms with Crippen LogP contribution < -0.4 is 4.72 Å². The Hall–Kier alpha value is -2.28. The molecule has 7 heteroatoms. The number of Topliss-reactive ketones (excluding diaryl/α,β-unsaturated/α-hetero) is 1. The van der Waals surface area contributed by atoms with Crippen molar-refractivity contribution in [2.45, 2.75) is 12.7 Å². The van der Waals surface area contributed by atoms with Crippen LogP contribution in [0.25, 0.3) is 0 Å². The molecule has 4 nitrogen and oxygen atoms in total. The van der Waals surface area contributed by atoms with E-state index in [0.717, 1.165) is 19.1 Å². The Balaban J connectivity index is 2.28. The van der Waals surface area contributed by atoms with E-state index in [2.05, 4.69) is 0 Å². The number of hydrogen-bond donors (Lipinski definition) is 1. The summed E-state index contributed by atoms with van der Waals surface area (Å²) in [6.45, 7) is 1.16. The van der Waals surface area contributed by atoms with Gasteiger partial charge in [0.05, 0.1) is 5.75 Å². The molecule has 2 aromatic rings. The maximum atomic E-state index is 13.8. The molecule has 0 unspecified atom stereocenters. The Kier molecular flexibility index (Phi) is 4.56. The van der Waals surface area contributed by atoms with Crippen molar-refractivity contribution in [3.63, 3.8) is 0 Å². The van der Waals surface area contributed by atoms with Crippen LogP contribution in [0.5, 0.6) is 0 Å². The fraction of sp³-hybridized carbons (Fsp3) is 0.133. The smallest absolute Gasteiger partial charge is 0.237 e. The van der Waals surface area contributed by atoms with Crippen LogP contribution in [-0.2, 0) is 15.8 Å². The first-order chi connectivity index (χ1) is 10.3. The molecule has 2 aromatic carbocycles. The maximum Gasteiger partial charge on any atom is 0.237 e. The summed E-state index contributed by atoms with van der Waals surface area (Å²) in [5.41, 5.74) is -0.474. The molecule has 0 radical (unpaired) electrons. The fourth-order valence-corrected chi connectivity index (χ4v) is 3.07. The Morgan fingerprint density at radius 2 is 1.64 bits per heavy atom. The molecule has 22 heavy (non-hydrogen) atoms. The average Bonchev–Trinajstić information content (AvgIpc) is 2.43. The Labute approximate surface area is 126 Å². The number of halogens is 2. The predicted octanol–water partition coefficient (Wildman–Crippen LogP) is 3.11. The van der Waals surface area contributed by atoms with E-state index in [-0.39, 0.29) is 5.56 Å². The van der Waals surface area contributed by atoms with Crippen molar-refractivity contribution in [2.75, 3.05) is 4.72 Å². The third kappa shape index (κ3) is 3.88. The number of anilines is 1. The highest BCUT2D eigenvalue weighted by Crippen LogP contribution is 2.23. The quantitative estimate of drug-likeness (QED) is 0.859. The summed E-state index contributed by atoms with van der Waals surface area (Å²) in [4.78, 5) is 11.1. The van der Waals surface area contributed by atoms with Crippen LogP contribution in [0.3, 0.4) is 0 Å². The first-order valence-electron chi connectivity index (χ1n) is 6.33.